The number of amides is 2. The molecule has 42 heavy (non-hydrogen) atoms. The van der Waals surface area contributed by atoms with Crippen molar-refractivity contribution >= 4 is 11.8 Å². The van der Waals surface area contributed by atoms with Crippen LogP contribution in [0.5, 0.6) is 5.75 Å². The molecule has 0 bridgehead atoms. The first-order valence-electron chi connectivity index (χ1n) is 14.4. The van der Waals surface area contributed by atoms with Crippen LogP contribution in [0.4, 0.5) is 8.78 Å². The Morgan fingerprint density at radius 2 is 1.67 bits per heavy atom. The van der Waals surface area contributed by atoms with E-state index in [1.54, 1.807) is 4.90 Å². The average molecular weight is 580 g/mol. The monoisotopic (exact) mass is 579 g/mol. The Kier molecular flexibility index (Phi) is 9.96. The van der Waals surface area contributed by atoms with Gasteiger partial charge in [0.1, 0.15) is 17.4 Å². The highest BCUT2D eigenvalue weighted by atomic mass is 19.1. The number of carbonyl (C=O) groups excluding carboxylic acids is 2. The molecule has 9 heteroatoms. The maximum atomic E-state index is 14.0. The van der Waals surface area contributed by atoms with Crippen molar-refractivity contribution in [1.82, 2.24) is 15.5 Å². The molecule has 0 aliphatic carbocycles. The lowest BCUT2D eigenvalue weighted by Crippen LogP contribution is -2.51. The van der Waals surface area contributed by atoms with Gasteiger partial charge in [-0.1, -0.05) is 31.2 Å². The molecule has 7 nitrogen and oxygen atoms in total. The Morgan fingerprint density at radius 3 is 2.33 bits per heavy atom. The van der Waals surface area contributed by atoms with E-state index in [1.807, 2.05) is 32.0 Å². The molecule has 2 atom stereocenters. The molecule has 0 unspecified atom stereocenters. The number of nitrogens with one attached hydrogen (secondary N) is 2. The van der Waals surface area contributed by atoms with Crippen LogP contribution in [0.3, 0.4) is 0 Å². The van der Waals surface area contributed by atoms with Crippen LogP contribution >= 0.6 is 0 Å². The van der Waals surface area contributed by atoms with Gasteiger partial charge in [0.2, 0.25) is 0 Å². The highest BCUT2D eigenvalue weighted by molar-refractivity contribution is 6.01. The molecule has 3 aromatic rings. The van der Waals surface area contributed by atoms with Crippen LogP contribution in [0.15, 0.2) is 60.7 Å². The van der Waals surface area contributed by atoms with Crippen molar-refractivity contribution in [2.24, 2.45) is 0 Å². The fourth-order valence-electron chi connectivity index (χ4n) is 5.24. The van der Waals surface area contributed by atoms with Gasteiger partial charge in [0, 0.05) is 36.8 Å². The van der Waals surface area contributed by atoms with Gasteiger partial charge < -0.3 is 25.7 Å². The number of aliphatic hydroxyl groups excluding tert-OH is 1. The second-order valence-electron chi connectivity index (χ2n) is 11.4. The summed E-state index contributed by atoms with van der Waals surface area (Å²) < 4.78 is 28.0. The van der Waals surface area contributed by atoms with Gasteiger partial charge in [0.25, 0.3) is 11.8 Å². The fraction of sp³-hybridized carbons (Fsp3) is 0.394. The van der Waals surface area contributed by atoms with E-state index in [0.717, 1.165) is 43.0 Å². The van der Waals surface area contributed by atoms with Crippen molar-refractivity contribution in [2.45, 2.75) is 64.1 Å². The molecule has 3 aromatic carbocycles. The van der Waals surface area contributed by atoms with Crippen LogP contribution in [0.1, 0.15) is 71.0 Å². The summed E-state index contributed by atoms with van der Waals surface area (Å²) in [4.78, 5) is 27.9. The first-order chi connectivity index (χ1) is 20.0. The predicted molar refractivity (Wildman–Crippen MR) is 157 cm³/mol. The second kappa shape index (κ2) is 13.4. The standard InChI is InChI=1S/C33H39F2N3O4/c1-4-21-8-7-9-24(14-21)33(2,3)36-20-30(40)28(17-22-15-25(34)19-26(35)16-22)37-31(41)23-10-11-29(39)27(18-23)32(42)38-12-5-6-13-38/h7-11,14-16,18-19,28,30,36,39-40H,4-6,12-13,17,20H2,1-3H3,(H,37,41)/t28-,30+/m0/s1. The summed E-state index contributed by atoms with van der Waals surface area (Å²) in [6.07, 6.45) is 1.45. The third-order valence-corrected chi connectivity index (χ3v) is 7.85. The summed E-state index contributed by atoms with van der Waals surface area (Å²) in [5, 5.41) is 27.8. The molecule has 224 valence electrons. The van der Waals surface area contributed by atoms with Gasteiger partial charge in [-0.2, -0.15) is 0 Å². The van der Waals surface area contributed by atoms with E-state index in [-0.39, 0.29) is 41.3 Å². The first kappa shape index (κ1) is 31.1. The molecule has 1 heterocycles. The SMILES string of the molecule is CCc1cccc(C(C)(C)NC[C@@H](O)[C@H](Cc2cc(F)cc(F)c2)NC(=O)c2ccc(O)c(C(=O)N3CCCC3)c2)c1. The zero-order valence-corrected chi connectivity index (χ0v) is 24.3. The van der Waals surface area contributed by atoms with Crippen LogP contribution in [0.2, 0.25) is 0 Å². The molecule has 0 aromatic heterocycles. The molecular weight excluding hydrogens is 540 g/mol. The first-order valence-corrected chi connectivity index (χ1v) is 14.4. The minimum absolute atomic E-state index is 0.0200. The van der Waals surface area contributed by atoms with Crippen LogP contribution in [-0.2, 0) is 18.4 Å². The van der Waals surface area contributed by atoms with Gasteiger partial charge in [-0.15, -0.1) is 0 Å². The smallest absolute Gasteiger partial charge is 0.257 e. The Hall–Kier alpha value is -3.82. The molecule has 0 saturated carbocycles. The number of aliphatic hydroxyl groups is 1. The molecule has 4 rings (SSSR count). The number of rotatable bonds is 11. The predicted octanol–water partition coefficient (Wildman–Crippen LogP) is 4.70. The molecular formula is C33H39F2N3O4. The van der Waals surface area contributed by atoms with E-state index >= 15 is 0 Å². The summed E-state index contributed by atoms with van der Waals surface area (Å²) in [6.45, 7) is 7.28. The average Bonchev–Trinajstić information content (AvgIpc) is 3.50. The highest BCUT2D eigenvalue weighted by Crippen LogP contribution is 2.24. The van der Waals surface area contributed by atoms with E-state index < -0.39 is 35.2 Å². The van der Waals surface area contributed by atoms with Crippen molar-refractivity contribution in [2.75, 3.05) is 19.6 Å². The second-order valence-corrected chi connectivity index (χ2v) is 11.4. The zero-order chi connectivity index (χ0) is 30.4. The quantitative estimate of drug-likeness (QED) is 0.264. The van der Waals surface area contributed by atoms with E-state index in [1.165, 1.54) is 23.8 Å². The zero-order valence-electron chi connectivity index (χ0n) is 24.3. The number of carbonyl (C=O) groups is 2. The normalized spacial score (nSPS) is 15.0. The molecule has 0 radical (unpaired) electrons. The number of halogens is 2. The number of hydrogen-bond donors (Lipinski definition) is 4. The molecule has 2 amide bonds. The summed E-state index contributed by atoms with van der Waals surface area (Å²) in [6, 6.07) is 14.3. The van der Waals surface area contributed by atoms with Crippen LogP contribution in [0, 0.1) is 11.6 Å². The fourth-order valence-corrected chi connectivity index (χ4v) is 5.24. The van der Waals surface area contributed by atoms with Gasteiger partial charge in [-0.3, -0.25) is 9.59 Å². The van der Waals surface area contributed by atoms with E-state index in [2.05, 4.69) is 23.6 Å². The number of hydrogen-bond acceptors (Lipinski definition) is 5. The summed E-state index contributed by atoms with van der Waals surface area (Å²) in [5.74, 6) is -2.70. The number of aromatic hydroxyl groups is 1. The van der Waals surface area contributed by atoms with Crippen molar-refractivity contribution in [3.63, 3.8) is 0 Å². The summed E-state index contributed by atoms with van der Waals surface area (Å²) >= 11 is 0. The van der Waals surface area contributed by atoms with Gasteiger partial charge in [-0.05, 0) is 86.6 Å². The Morgan fingerprint density at radius 1 is 0.976 bits per heavy atom. The molecule has 1 aliphatic heterocycles. The lowest BCUT2D eigenvalue weighted by molar-refractivity contribution is 0.0789. The van der Waals surface area contributed by atoms with Gasteiger partial charge in [0.15, 0.2) is 0 Å². The molecule has 1 aliphatic rings. The largest absolute Gasteiger partial charge is 0.507 e. The van der Waals surface area contributed by atoms with Gasteiger partial charge in [-0.25, -0.2) is 8.78 Å². The molecule has 4 N–H and O–H groups in total. The number of phenols is 1. The minimum atomic E-state index is -1.14. The lowest BCUT2D eigenvalue weighted by Gasteiger charge is -2.31. The van der Waals surface area contributed by atoms with Crippen molar-refractivity contribution in [3.05, 3.63) is 100 Å². The number of benzene rings is 3. The van der Waals surface area contributed by atoms with Gasteiger partial charge >= 0.3 is 0 Å². The van der Waals surface area contributed by atoms with E-state index in [9.17, 15) is 28.6 Å². The Labute approximate surface area is 245 Å². The molecule has 1 saturated heterocycles. The van der Waals surface area contributed by atoms with Crippen molar-refractivity contribution in [3.8, 4) is 5.75 Å². The van der Waals surface area contributed by atoms with Crippen LogP contribution in [0.25, 0.3) is 0 Å². The third kappa shape index (κ3) is 7.72. The number of nitrogens with zero attached hydrogens (tertiary/aromatic N) is 1. The van der Waals surface area contributed by atoms with Crippen molar-refractivity contribution in [1.29, 1.82) is 0 Å². The van der Waals surface area contributed by atoms with E-state index in [0.29, 0.717) is 13.1 Å². The Bertz CT molecular complexity index is 1400. The van der Waals surface area contributed by atoms with Crippen LogP contribution in [-0.4, -0.2) is 58.7 Å². The highest BCUT2D eigenvalue weighted by Gasteiger charge is 2.28. The number of likely N-dealkylation sites (tertiary alicyclic amines) is 1. The Balaban J connectivity index is 1.54. The summed E-state index contributed by atoms with van der Waals surface area (Å²) in [7, 11) is 0. The lowest BCUT2D eigenvalue weighted by atomic mass is 9.91. The minimum Gasteiger partial charge on any atom is -0.507 e. The van der Waals surface area contributed by atoms with E-state index in [4.69, 9.17) is 0 Å². The van der Waals surface area contributed by atoms with Crippen molar-refractivity contribution < 1.29 is 28.6 Å². The summed E-state index contributed by atoms with van der Waals surface area (Å²) in [5.41, 5.74) is 2.09. The number of aryl methyl sites for hydroxylation is 1. The third-order valence-electron chi connectivity index (χ3n) is 7.85. The maximum Gasteiger partial charge on any atom is 0.257 e. The number of phenolic OH excluding ortho intramolecular Hbond substituents is 1. The van der Waals surface area contributed by atoms with Crippen LogP contribution < -0.4 is 10.6 Å². The molecule has 1 fully saturated rings. The topological polar surface area (TPSA) is 102 Å². The maximum absolute atomic E-state index is 14.0. The van der Waals surface area contributed by atoms with Gasteiger partial charge in [0.05, 0.1) is 17.7 Å². The molecule has 0 spiro atoms.